The van der Waals surface area contributed by atoms with Gasteiger partial charge >= 0.3 is 134 Å². The minimum atomic E-state index is -5.00. The molecule has 0 heterocycles. The zero-order valence-electron chi connectivity index (χ0n) is 4.58. The number of hydrogen-bond acceptors (Lipinski definition) is 8. The second kappa shape index (κ2) is 10.9. The summed E-state index contributed by atoms with van der Waals surface area (Å²) in [6.45, 7) is 0. The Hall–Kier alpha value is 3.36. The maximum atomic E-state index is 7.38. The standard InChI is InChI=1S/Mg.8H2O.Sr.2Ti.4H/h;8*1H2;;;;;;;/q;;;;;;;;;;2*+4;;;;/p-8. The van der Waals surface area contributed by atoms with E-state index in [9.17, 15) is 0 Å². The van der Waals surface area contributed by atoms with E-state index in [1.807, 2.05) is 0 Å². The second-order valence-corrected chi connectivity index (χ2v) is 4.95. The van der Waals surface area contributed by atoms with Crippen LogP contribution in [0, 0.1) is 0 Å². The summed E-state index contributed by atoms with van der Waals surface area (Å²) in [5, 5.41) is 0. The van der Waals surface area contributed by atoms with Gasteiger partial charge in [0.25, 0.3) is 0 Å². The fraction of sp³-hybridized carbons (Fsp3) is 0. The third kappa shape index (κ3) is 181. The van der Waals surface area contributed by atoms with Gasteiger partial charge in [-0.15, -0.1) is 0 Å². The van der Waals surface area contributed by atoms with Gasteiger partial charge in [-0.2, -0.15) is 0 Å². The third-order valence-corrected chi connectivity index (χ3v) is 0. The first kappa shape index (κ1) is 24.5. The molecule has 0 amide bonds. The van der Waals surface area contributed by atoms with E-state index in [4.69, 9.17) is 29.5 Å². The van der Waals surface area contributed by atoms with E-state index in [0.717, 1.165) is 0 Å². The normalized spacial score (nSPS) is 10.0. The van der Waals surface area contributed by atoms with Crippen molar-refractivity contribution in [2.75, 3.05) is 0 Å². The van der Waals surface area contributed by atoms with Crippen molar-refractivity contribution >= 4 is 68.5 Å². The molecule has 0 radical (unpaired) electrons. The molecule has 12 heteroatoms. The van der Waals surface area contributed by atoms with E-state index in [-0.39, 0.29) is 68.5 Å². The minimum absolute atomic E-state index is 0. The van der Waals surface area contributed by atoms with Gasteiger partial charge in [-0.1, -0.05) is 0 Å². The molecule has 0 aliphatic heterocycles. The first-order valence-corrected chi connectivity index (χ1v) is 7.38. The van der Waals surface area contributed by atoms with Crippen molar-refractivity contribution in [3.63, 3.8) is 0 Å². The van der Waals surface area contributed by atoms with Crippen LogP contribution in [0.15, 0.2) is 0 Å². The molecule has 0 aromatic carbocycles. The summed E-state index contributed by atoms with van der Waals surface area (Å²) in [6, 6.07) is 0. The van der Waals surface area contributed by atoms with Crippen LogP contribution in [0.25, 0.3) is 0 Å². The van der Waals surface area contributed by atoms with Crippen molar-refractivity contribution in [1.82, 2.24) is 0 Å². The summed E-state index contributed by atoms with van der Waals surface area (Å²) in [6.07, 6.45) is 0. The average Bonchev–Trinajstić information content (AvgIpc) is 1.12. The van der Waals surface area contributed by atoms with Crippen LogP contribution in [-0.2, 0) is 36.3 Å². The van der Waals surface area contributed by atoms with Crippen LogP contribution in [0.4, 0.5) is 0 Å². The van der Waals surface area contributed by atoms with Gasteiger partial charge in [-0.3, -0.25) is 0 Å². The quantitative estimate of drug-likeness (QED) is 0.201. The van der Waals surface area contributed by atoms with Crippen LogP contribution in [0.3, 0.4) is 0 Å². The summed E-state index contributed by atoms with van der Waals surface area (Å²) in [4.78, 5) is 0. The molecule has 0 saturated carbocycles. The molecule has 0 fully saturated rings. The zero-order valence-corrected chi connectivity index (χ0v) is 7.70. The van der Waals surface area contributed by atoms with Crippen molar-refractivity contribution < 1.29 is 65.8 Å². The Balaban J connectivity index is -0.0000000457. The zero-order chi connectivity index (χ0) is 9.00. The molecular weight excluding hydrogens is 336 g/mol. The summed E-state index contributed by atoms with van der Waals surface area (Å²) in [5.74, 6) is 0. The molecule has 0 atom stereocenters. The molecule has 8 nitrogen and oxygen atoms in total. The number of hydrogen-bond donors (Lipinski definition) is 8. The average molecular weight is 348 g/mol. The first-order chi connectivity index (χ1) is 4.00. The third-order valence-electron chi connectivity index (χ3n) is 0. The van der Waals surface area contributed by atoms with E-state index >= 15 is 0 Å². The second-order valence-electron chi connectivity index (χ2n) is 1.20. The molecule has 12 heavy (non-hydrogen) atoms. The summed E-state index contributed by atoms with van der Waals surface area (Å²) >= 11 is -10.0. The van der Waals surface area contributed by atoms with Gasteiger partial charge in [-0.25, -0.2) is 0 Å². The molecule has 8 N–H and O–H groups in total. The maximum absolute atomic E-state index is 7.38. The van der Waals surface area contributed by atoms with Crippen LogP contribution in [0.1, 0.15) is 0 Å². The van der Waals surface area contributed by atoms with Crippen molar-refractivity contribution in [3.05, 3.63) is 0 Å². The monoisotopic (exact) mass is 348 g/mol. The predicted octanol–water partition coefficient (Wildman–Crippen LogP) is -6.29. The summed E-state index contributed by atoms with van der Waals surface area (Å²) in [7, 11) is 0. The van der Waals surface area contributed by atoms with Crippen LogP contribution >= 0.6 is 0 Å². The van der Waals surface area contributed by atoms with Crippen molar-refractivity contribution in [2.24, 2.45) is 0 Å². The summed E-state index contributed by atoms with van der Waals surface area (Å²) in [5.41, 5.74) is 0. The topological polar surface area (TPSA) is 162 Å². The first-order valence-electron chi connectivity index (χ1n) is 1.79. The predicted molar refractivity (Wildman–Crippen MR) is 34.8 cm³/mol. The summed E-state index contributed by atoms with van der Waals surface area (Å²) < 4.78 is 59.0. The Morgan fingerprint density at radius 2 is 0.500 bits per heavy atom. The fourth-order valence-electron chi connectivity index (χ4n) is 0. The molecule has 72 valence electrons. The molecule has 0 bridgehead atoms. The van der Waals surface area contributed by atoms with Crippen LogP contribution < -0.4 is 0 Å². The van der Waals surface area contributed by atoms with Crippen molar-refractivity contribution in [2.45, 2.75) is 0 Å². The van der Waals surface area contributed by atoms with Gasteiger partial charge in [0.05, 0.1) is 0 Å². The molecule has 0 spiro atoms. The van der Waals surface area contributed by atoms with Gasteiger partial charge in [0.2, 0.25) is 0 Å². The van der Waals surface area contributed by atoms with Crippen molar-refractivity contribution in [3.8, 4) is 0 Å². The Labute approximate surface area is 131 Å². The Morgan fingerprint density at radius 1 is 0.500 bits per heavy atom. The van der Waals surface area contributed by atoms with E-state index in [1.165, 1.54) is 0 Å². The molecule has 0 unspecified atom stereocenters. The van der Waals surface area contributed by atoms with E-state index in [1.54, 1.807) is 0 Å². The van der Waals surface area contributed by atoms with Gasteiger partial charge in [0, 0.05) is 0 Å². The Morgan fingerprint density at radius 3 is 0.500 bits per heavy atom. The van der Waals surface area contributed by atoms with E-state index < -0.39 is 36.3 Å². The molecule has 0 aliphatic rings. The molecule has 0 aliphatic carbocycles. The van der Waals surface area contributed by atoms with Crippen LogP contribution in [-0.4, -0.2) is 98.0 Å². The molecule has 0 aromatic heterocycles. The van der Waals surface area contributed by atoms with Gasteiger partial charge in [-0.05, 0) is 0 Å². The van der Waals surface area contributed by atoms with Crippen molar-refractivity contribution in [1.29, 1.82) is 0 Å². The fourth-order valence-corrected chi connectivity index (χ4v) is 0. The molecule has 0 aromatic rings. The van der Waals surface area contributed by atoms with Crippen LogP contribution in [0.2, 0.25) is 0 Å². The Kier molecular flexibility index (Phi) is 22.2. The van der Waals surface area contributed by atoms with Gasteiger partial charge in [0.1, 0.15) is 0 Å². The molecule has 0 rings (SSSR count). The molecule has 0 saturated heterocycles. The SMILES string of the molecule is [MgH2].[OH][Ti]([OH])([OH])[OH].[OH][Ti]([OH])([OH])[OH].[SrH2]. The van der Waals surface area contributed by atoms with Crippen LogP contribution in [0.5, 0.6) is 0 Å². The van der Waals surface area contributed by atoms with Gasteiger partial charge in [0.15, 0.2) is 0 Å². The van der Waals surface area contributed by atoms with Gasteiger partial charge < -0.3 is 0 Å². The number of rotatable bonds is 0. The molecular formula is H12MgO8SrTi2. The van der Waals surface area contributed by atoms with E-state index in [2.05, 4.69) is 0 Å². The Bertz CT molecular complexity index is 60.0. The van der Waals surface area contributed by atoms with E-state index in [0.29, 0.717) is 0 Å².